The average Bonchev–Trinajstić information content (AvgIpc) is 2.60. The molecule has 0 saturated heterocycles. The van der Waals surface area contributed by atoms with E-state index in [9.17, 15) is 10.1 Å². The maximum absolute atomic E-state index is 12.1. The van der Waals surface area contributed by atoms with Crippen LogP contribution in [0.15, 0.2) is 53.3 Å². The van der Waals surface area contributed by atoms with Crippen LogP contribution in [-0.2, 0) is 6.42 Å². The number of hydrogen-bond donors (Lipinski definition) is 1. The monoisotopic (exact) mass is 301 g/mol. The lowest BCUT2D eigenvalue weighted by atomic mass is 10.1. The minimum absolute atomic E-state index is 0.243. The molecule has 0 unspecified atom stereocenters. The minimum Gasteiger partial charge on any atom is -0.305 e. The topological polar surface area (TPSA) is 69.5 Å². The van der Waals surface area contributed by atoms with E-state index in [1.165, 1.54) is 5.56 Å². The average molecular weight is 301 g/mol. The molecule has 23 heavy (non-hydrogen) atoms. The molecule has 3 aromatic rings. The molecule has 4 heteroatoms. The fourth-order valence-electron chi connectivity index (χ4n) is 2.38. The molecule has 0 spiro atoms. The second-order valence-corrected chi connectivity index (χ2v) is 5.20. The standard InChI is InChI=1S/C19H15N3O/c1-2-13-7-9-14(10-8-13)11-15(12-20)18-21-17-6-4-3-5-16(17)19(23)22-18/h3-11H,2H2,1H3,(H,21,22,23). The van der Waals surface area contributed by atoms with Crippen LogP contribution in [0.3, 0.4) is 0 Å². The van der Waals surface area contributed by atoms with Crippen molar-refractivity contribution in [2.24, 2.45) is 0 Å². The zero-order valence-corrected chi connectivity index (χ0v) is 12.7. The van der Waals surface area contributed by atoms with E-state index in [0.29, 0.717) is 16.5 Å². The summed E-state index contributed by atoms with van der Waals surface area (Å²) in [5.41, 5.74) is 2.80. The van der Waals surface area contributed by atoms with Crippen molar-refractivity contribution >= 4 is 22.6 Å². The number of aromatic amines is 1. The second-order valence-electron chi connectivity index (χ2n) is 5.20. The number of H-pyrrole nitrogens is 1. The van der Waals surface area contributed by atoms with Crippen LogP contribution in [0.1, 0.15) is 23.9 Å². The van der Waals surface area contributed by atoms with Crippen LogP contribution in [0.2, 0.25) is 0 Å². The van der Waals surface area contributed by atoms with E-state index in [1.807, 2.05) is 30.3 Å². The van der Waals surface area contributed by atoms with E-state index in [4.69, 9.17) is 0 Å². The van der Waals surface area contributed by atoms with Crippen LogP contribution in [0.25, 0.3) is 22.6 Å². The van der Waals surface area contributed by atoms with Crippen molar-refractivity contribution in [3.8, 4) is 6.07 Å². The van der Waals surface area contributed by atoms with Crippen molar-refractivity contribution < 1.29 is 0 Å². The molecule has 1 N–H and O–H groups in total. The third-order valence-electron chi connectivity index (χ3n) is 3.69. The van der Waals surface area contributed by atoms with Gasteiger partial charge in [0.2, 0.25) is 0 Å². The normalized spacial score (nSPS) is 11.4. The van der Waals surface area contributed by atoms with Crippen molar-refractivity contribution in [2.75, 3.05) is 0 Å². The lowest BCUT2D eigenvalue weighted by Crippen LogP contribution is -2.11. The first kappa shape index (κ1) is 14.7. The zero-order valence-electron chi connectivity index (χ0n) is 12.7. The fourth-order valence-corrected chi connectivity index (χ4v) is 2.38. The molecule has 1 heterocycles. The number of nitrogens with one attached hydrogen (secondary N) is 1. The predicted octanol–water partition coefficient (Wildman–Crippen LogP) is 3.55. The number of nitriles is 1. The summed E-state index contributed by atoms with van der Waals surface area (Å²) in [5, 5.41) is 9.94. The van der Waals surface area contributed by atoms with Gasteiger partial charge in [0.25, 0.3) is 5.56 Å². The lowest BCUT2D eigenvalue weighted by molar-refractivity contribution is 1.13. The molecular formula is C19H15N3O. The van der Waals surface area contributed by atoms with Gasteiger partial charge < -0.3 is 4.98 Å². The van der Waals surface area contributed by atoms with Crippen LogP contribution in [0, 0.1) is 11.3 Å². The van der Waals surface area contributed by atoms with Gasteiger partial charge in [0.05, 0.1) is 16.5 Å². The highest BCUT2D eigenvalue weighted by Crippen LogP contribution is 2.16. The Morgan fingerprint density at radius 2 is 1.96 bits per heavy atom. The molecule has 0 saturated carbocycles. The lowest BCUT2D eigenvalue weighted by Gasteiger charge is -2.02. The Balaban J connectivity index is 2.08. The quantitative estimate of drug-likeness (QED) is 0.752. The number of aromatic nitrogens is 2. The maximum Gasteiger partial charge on any atom is 0.259 e. The smallest absolute Gasteiger partial charge is 0.259 e. The van der Waals surface area contributed by atoms with Gasteiger partial charge in [-0.25, -0.2) is 4.98 Å². The van der Waals surface area contributed by atoms with Gasteiger partial charge in [-0.3, -0.25) is 4.79 Å². The number of fused-ring (bicyclic) bond motifs is 1. The van der Waals surface area contributed by atoms with E-state index in [1.54, 1.807) is 24.3 Å². The molecule has 0 fully saturated rings. The third kappa shape index (κ3) is 3.04. The van der Waals surface area contributed by atoms with Crippen LogP contribution >= 0.6 is 0 Å². The molecule has 0 atom stereocenters. The van der Waals surface area contributed by atoms with Crippen LogP contribution in [0.4, 0.5) is 0 Å². The highest BCUT2D eigenvalue weighted by Gasteiger charge is 2.08. The number of nitrogens with zero attached hydrogens (tertiary/aromatic N) is 2. The molecule has 0 aliphatic carbocycles. The van der Waals surface area contributed by atoms with Gasteiger partial charge in [-0.2, -0.15) is 5.26 Å². The Morgan fingerprint density at radius 1 is 1.22 bits per heavy atom. The van der Waals surface area contributed by atoms with Crippen molar-refractivity contribution in [3.63, 3.8) is 0 Å². The summed E-state index contributed by atoms with van der Waals surface area (Å²) in [6, 6.07) is 17.2. The summed E-state index contributed by atoms with van der Waals surface area (Å²) in [6.45, 7) is 2.09. The first-order chi connectivity index (χ1) is 11.2. The first-order valence-electron chi connectivity index (χ1n) is 7.41. The van der Waals surface area contributed by atoms with E-state index in [0.717, 1.165) is 12.0 Å². The fraction of sp³-hybridized carbons (Fsp3) is 0.105. The summed E-state index contributed by atoms with van der Waals surface area (Å²) >= 11 is 0. The van der Waals surface area contributed by atoms with Crippen molar-refractivity contribution in [2.45, 2.75) is 13.3 Å². The Labute approximate surface area is 133 Å². The number of benzene rings is 2. The van der Waals surface area contributed by atoms with Gasteiger partial charge in [-0.15, -0.1) is 0 Å². The molecule has 0 aliphatic heterocycles. The third-order valence-corrected chi connectivity index (χ3v) is 3.69. The van der Waals surface area contributed by atoms with Gasteiger partial charge in [-0.05, 0) is 35.8 Å². The number of rotatable bonds is 3. The van der Waals surface area contributed by atoms with Crippen molar-refractivity contribution in [1.82, 2.24) is 9.97 Å². The molecule has 3 rings (SSSR count). The molecule has 0 bridgehead atoms. The molecule has 1 aromatic heterocycles. The number of hydrogen-bond acceptors (Lipinski definition) is 3. The maximum atomic E-state index is 12.1. The van der Waals surface area contributed by atoms with E-state index in [2.05, 4.69) is 23.0 Å². The molecule has 0 amide bonds. The predicted molar refractivity (Wildman–Crippen MR) is 91.7 cm³/mol. The van der Waals surface area contributed by atoms with Crippen LogP contribution in [-0.4, -0.2) is 9.97 Å². The summed E-state index contributed by atoms with van der Waals surface area (Å²) in [6.07, 6.45) is 2.70. The summed E-state index contributed by atoms with van der Waals surface area (Å²) < 4.78 is 0. The molecular weight excluding hydrogens is 286 g/mol. The van der Waals surface area contributed by atoms with Gasteiger partial charge >= 0.3 is 0 Å². The van der Waals surface area contributed by atoms with Crippen LogP contribution in [0.5, 0.6) is 0 Å². The Hall–Kier alpha value is -3.19. The van der Waals surface area contributed by atoms with Crippen molar-refractivity contribution in [3.05, 3.63) is 75.8 Å². The van der Waals surface area contributed by atoms with E-state index < -0.39 is 0 Å². The zero-order chi connectivity index (χ0) is 16.2. The van der Waals surface area contributed by atoms with E-state index in [-0.39, 0.29) is 11.4 Å². The summed E-state index contributed by atoms with van der Waals surface area (Å²) in [5.74, 6) is 0.288. The highest BCUT2D eigenvalue weighted by atomic mass is 16.1. The molecule has 0 aliphatic rings. The summed E-state index contributed by atoms with van der Waals surface area (Å²) in [7, 11) is 0. The second kappa shape index (κ2) is 6.29. The number of aryl methyl sites for hydroxylation is 1. The minimum atomic E-state index is -0.243. The van der Waals surface area contributed by atoms with Gasteiger partial charge in [0.15, 0.2) is 5.82 Å². The van der Waals surface area contributed by atoms with E-state index >= 15 is 0 Å². The Morgan fingerprint density at radius 3 is 2.65 bits per heavy atom. The molecule has 4 nitrogen and oxygen atoms in total. The Bertz CT molecular complexity index is 976. The largest absolute Gasteiger partial charge is 0.305 e. The first-order valence-corrected chi connectivity index (χ1v) is 7.41. The SMILES string of the molecule is CCc1ccc(C=C(C#N)c2nc3ccccc3c(=O)[nH]2)cc1. The van der Waals surface area contributed by atoms with Crippen molar-refractivity contribution in [1.29, 1.82) is 5.26 Å². The highest BCUT2D eigenvalue weighted by molar-refractivity contribution is 5.89. The van der Waals surface area contributed by atoms with Crippen LogP contribution < -0.4 is 5.56 Å². The van der Waals surface area contributed by atoms with Gasteiger partial charge in [-0.1, -0.05) is 43.3 Å². The number of allylic oxidation sites excluding steroid dienone is 1. The summed E-state index contributed by atoms with van der Waals surface area (Å²) in [4.78, 5) is 19.2. The Kier molecular flexibility index (Phi) is 4.03. The van der Waals surface area contributed by atoms with Gasteiger partial charge in [0.1, 0.15) is 6.07 Å². The number of para-hydroxylation sites is 1. The molecule has 2 aromatic carbocycles. The van der Waals surface area contributed by atoms with Gasteiger partial charge in [0, 0.05) is 0 Å². The molecule has 0 radical (unpaired) electrons. The molecule has 112 valence electrons.